The Labute approximate surface area is 150 Å². The van der Waals surface area contributed by atoms with Crippen LogP contribution in [0.25, 0.3) is 0 Å². The van der Waals surface area contributed by atoms with E-state index in [9.17, 15) is 4.79 Å². The van der Waals surface area contributed by atoms with Gasteiger partial charge < -0.3 is 4.90 Å². The fraction of sp³-hybridized carbons (Fsp3) is 0.524. The molecule has 0 spiro atoms. The van der Waals surface area contributed by atoms with Gasteiger partial charge in [0.15, 0.2) is 0 Å². The minimum absolute atomic E-state index is 0.252. The molecule has 1 heterocycles. The minimum atomic E-state index is 0.252. The molecule has 2 aromatic rings. The zero-order chi connectivity index (χ0) is 17.8. The van der Waals surface area contributed by atoms with Gasteiger partial charge in [0.05, 0.1) is 12.1 Å². The summed E-state index contributed by atoms with van der Waals surface area (Å²) in [5.74, 6) is 0.252. The molecule has 25 heavy (non-hydrogen) atoms. The van der Waals surface area contributed by atoms with Gasteiger partial charge in [-0.1, -0.05) is 43.2 Å². The average Bonchev–Trinajstić information content (AvgIpc) is 3.21. The molecule has 3 rings (SSSR count). The van der Waals surface area contributed by atoms with Crippen molar-refractivity contribution in [1.29, 1.82) is 0 Å². The third kappa shape index (κ3) is 4.12. The number of carbonyl (C=O) groups excluding carboxylic acids is 1. The van der Waals surface area contributed by atoms with E-state index in [2.05, 4.69) is 34.3 Å². The molecule has 1 aromatic heterocycles. The van der Waals surface area contributed by atoms with Crippen LogP contribution in [0.2, 0.25) is 0 Å². The summed E-state index contributed by atoms with van der Waals surface area (Å²) >= 11 is 0. The van der Waals surface area contributed by atoms with Crippen molar-refractivity contribution in [2.24, 2.45) is 7.05 Å². The Morgan fingerprint density at radius 1 is 1.20 bits per heavy atom. The molecule has 1 aliphatic rings. The molecule has 0 bridgehead atoms. The quantitative estimate of drug-likeness (QED) is 0.806. The minimum Gasteiger partial charge on any atom is -0.339 e. The zero-order valence-corrected chi connectivity index (χ0v) is 15.7. The first-order valence-corrected chi connectivity index (χ1v) is 9.38. The molecule has 0 atom stereocenters. The Morgan fingerprint density at radius 2 is 1.88 bits per heavy atom. The Morgan fingerprint density at radius 3 is 2.48 bits per heavy atom. The second kappa shape index (κ2) is 7.85. The van der Waals surface area contributed by atoms with Crippen LogP contribution in [0.4, 0.5) is 0 Å². The third-order valence-electron chi connectivity index (χ3n) is 5.56. The van der Waals surface area contributed by atoms with Crippen molar-refractivity contribution < 1.29 is 4.79 Å². The summed E-state index contributed by atoms with van der Waals surface area (Å²) in [4.78, 5) is 15.3. The molecule has 1 aliphatic carbocycles. The molecule has 0 radical (unpaired) electrons. The molecule has 0 aliphatic heterocycles. The highest BCUT2D eigenvalue weighted by molar-refractivity contribution is 5.79. The molecule has 0 saturated heterocycles. The molecule has 1 aromatic carbocycles. The van der Waals surface area contributed by atoms with E-state index in [1.165, 1.54) is 18.4 Å². The van der Waals surface area contributed by atoms with Crippen LogP contribution in [0.15, 0.2) is 30.3 Å². The number of hydrogen-bond donors (Lipinski definition) is 0. The predicted molar refractivity (Wildman–Crippen MR) is 101 cm³/mol. The van der Waals surface area contributed by atoms with Crippen molar-refractivity contribution in [3.63, 3.8) is 0 Å². The van der Waals surface area contributed by atoms with E-state index in [4.69, 9.17) is 0 Å². The lowest BCUT2D eigenvalue weighted by molar-refractivity contribution is -0.132. The number of benzene rings is 1. The molecule has 0 unspecified atom stereocenters. The topological polar surface area (TPSA) is 38.1 Å². The molecule has 1 saturated carbocycles. The smallest absolute Gasteiger partial charge is 0.227 e. The van der Waals surface area contributed by atoms with Crippen LogP contribution in [0.3, 0.4) is 0 Å². The summed E-state index contributed by atoms with van der Waals surface area (Å²) in [6.07, 6.45) is 6.16. The maximum absolute atomic E-state index is 13.1. The van der Waals surface area contributed by atoms with Crippen molar-refractivity contribution in [1.82, 2.24) is 14.7 Å². The standard InChI is InChI=1S/C21H29N3O/c1-16-20(17(2)23(3)22-16)15-21(25)24(19-11-7-8-12-19)14-13-18-9-5-4-6-10-18/h4-6,9-10,19H,7-8,11-15H2,1-3H3. The van der Waals surface area contributed by atoms with Crippen molar-refractivity contribution >= 4 is 5.91 Å². The van der Waals surface area contributed by atoms with Crippen molar-refractivity contribution in [3.8, 4) is 0 Å². The second-order valence-corrected chi connectivity index (χ2v) is 7.21. The van der Waals surface area contributed by atoms with Crippen LogP contribution >= 0.6 is 0 Å². The summed E-state index contributed by atoms with van der Waals surface area (Å²) < 4.78 is 1.88. The molecule has 0 N–H and O–H groups in total. The zero-order valence-electron chi connectivity index (χ0n) is 15.7. The first kappa shape index (κ1) is 17.7. The summed E-state index contributed by atoms with van der Waals surface area (Å²) in [5.41, 5.74) is 4.46. The number of aromatic nitrogens is 2. The molecular weight excluding hydrogens is 310 g/mol. The van der Waals surface area contributed by atoms with Gasteiger partial charge in [-0.2, -0.15) is 5.10 Å². The Kier molecular flexibility index (Phi) is 5.57. The Hall–Kier alpha value is -2.10. The van der Waals surface area contributed by atoms with Gasteiger partial charge >= 0.3 is 0 Å². The Bertz CT molecular complexity index is 714. The van der Waals surface area contributed by atoms with Crippen molar-refractivity contribution in [2.45, 2.75) is 58.4 Å². The van der Waals surface area contributed by atoms with Crippen LogP contribution in [-0.2, 0) is 24.7 Å². The summed E-state index contributed by atoms with van der Waals surface area (Å²) in [6.45, 7) is 4.86. The highest BCUT2D eigenvalue weighted by atomic mass is 16.2. The van der Waals surface area contributed by atoms with E-state index >= 15 is 0 Å². The number of carbonyl (C=O) groups is 1. The van der Waals surface area contributed by atoms with E-state index in [0.717, 1.165) is 42.8 Å². The summed E-state index contributed by atoms with van der Waals surface area (Å²) in [6, 6.07) is 10.9. The molecule has 4 heteroatoms. The molecule has 134 valence electrons. The predicted octanol–water partition coefficient (Wildman–Crippen LogP) is 3.59. The highest BCUT2D eigenvalue weighted by Crippen LogP contribution is 2.25. The van der Waals surface area contributed by atoms with Gasteiger partial charge in [0.25, 0.3) is 0 Å². The number of amides is 1. The second-order valence-electron chi connectivity index (χ2n) is 7.21. The third-order valence-corrected chi connectivity index (χ3v) is 5.56. The first-order valence-electron chi connectivity index (χ1n) is 9.38. The van der Waals surface area contributed by atoms with Crippen molar-refractivity contribution in [3.05, 3.63) is 52.8 Å². The normalized spacial score (nSPS) is 14.8. The van der Waals surface area contributed by atoms with E-state index in [1.54, 1.807) is 0 Å². The number of hydrogen-bond acceptors (Lipinski definition) is 2. The molecular formula is C21H29N3O. The van der Waals surface area contributed by atoms with Gasteiger partial charge in [-0.25, -0.2) is 0 Å². The summed E-state index contributed by atoms with van der Waals surface area (Å²) in [5, 5.41) is 4.46. The number of nitrogens with zero attached hydrogens (tertiary/aromatic N) is 3. The van der Waals surface area contributed by atoms with Crippen LogP contribution in [0.1, 0.15) is 48.2 Å². The number of rotatable bonds is 6. The fourth-order valence-electron chi connectivity index (χ4n) is 3.95. The number of aryl methyl sites for hydroxylation is 2. The molecule has 1 amide bonds. The fourth-order valence-corrected chi connectivity index (χ4v) is 3.95. The van der Waals surface area contributed by atoms with Gasteiger partial charge in [-0.05, 0) is 38.7 Å². The van der Waals surface area contributed by atoms with Gasteiger partial charge in [-0.3, -0.25) is 9.48 Å². The maximum Gasteiger partial charge on any atom is 0.227 e. The SMILES string of the molecule is Cc1nn(C)c(C)c1CC(=O)N(CCc1ccccc1)C1CCCC1. The van der Waals surface area contributed by atoms with Crippen LogP contribution in [0.5, 0.6) is 0 Å². The lowest BCUT2D eigenvalue weighted by Crippen LogP contribution is -2.41. The lowest BCUT2D eigenvalue weighted by atomic mass is 10.1. The highest BCUT2D eigenvalue weighted by Gasteiger charge is 2.27. The average molecular weight is 339 g/mol. The van der Waals surface area contributed by atoms with E-state index in [-0.39, 0.29) is 5.91 Å². The molecule has 4 nitrogen and oxygen atoms in total. The lowest BCUT2D eigenvalue weighted by Gasteiger charge is -2.29. The maximum atomic E-state index is 13.1. The molecule has 1 fully saturated rings. The van der Waals surface area contributed by atoms with Crippen LogP contribution < -0.4 is 0 Å². The monoisotopic (exact) mass is 339 g/mol. The van der Waals surface area contributed by atoms with E-state index < -0.39 is 0 Å². The van der Waals surface area contributed by atoms with Crippen LogP contribution in [-0.4, -0.2) is 33.2 Å². The van der Waals surface area contributed by atoms with E-state index in [1.807, 2.05) is 31.6 Å². The van der Waals surface area contributed by atoms with E-state index in [0.29, 0.717) is 12.5 Å². The Balaban J connectivity index is 1.72. The van der Waals surface area contributed by atoms with Crippen LogP contribution in [0, 0.1) is 13.8 Å². The first-order chi connectivity index (χ1) is 12.1. The van der Waals surface area contributed by atoms with Gasteiger partial charge in [0.2, 0.25) is 5.91 Å². The summed E-state index contributed by atoms with van der Waals surface area (Å²) in [7, 11) is 1.94. The van der Waals surface area contributed by atoms with Crippen molar-refractivity contribution in [2.75, 3.05) is 6.54 Å². The van der Waals surface area contributed by atoms with Gasteiger partial charge in [0.1, 0.15) is 0 Å². The largest absolute Gasteiger partial charge is 0.339 e. The van der Waals surface area contributed by atoms with Gasteiger partial charge in [0, 0.05) is 30.9 Å². The van der Waals surface area contributed by atoms with Gasteiger partial charge in [-0.15, -0.1) is 0 Å².